The van der Waals surface area contributed by atoms with E-state index in [9.17, 15) is 18.4 Å². The number of fused-ring (bicyclic) bond motifs is 1. The van der Waals surface area contributed by atoms with Crippen molar-refractivity contribution in [2.24, 2.45) is 0 Å². The average Bonchev–Trinajstić information content (AvgIpc) is 3.16. The zero-order valence-corrected chi connectivity index (χ0v) is 25.9. The number of rotatable bonds is 6. The van der Waals surface area contributed by atoms with Crippen LogP contribution in [0.5, 0.6) is 0 Å². The van der Waals surface area contributed by atoms with E-state index in [1.54, 1.807) is 9.80 Å². The first kappa shape index (κ1) is 31.6. The Labute approximate surface area is 243 Å². The summed E-state index contributed by atoms with van der Waals surface area (Å²) in [6.07, 6.45) is 0.545. The van der Waals surface area contributed by atoms with Crippen LogP contribution in [0.1, 0.15) is 73.1 Å². The first-order chi connectivity index (χ1) is 19.0. The molecular weight excluding hydrogens is 532 g/mol. The summed E-state index contributed by atoms with van der Waals surface area (Å²) in [7, 11) is 0. The summed E-state index contributed by atoms with van der Waals surface area (Å²) in [5.74, 6) is -3.18. The zero-order chi connectivity index (χ0) is 30.3. The van der Waals surface area contributed by atoms with Crippen molar-refractivity contribution in [3.8, 4) is 0 Å². The van der Waals surface area contributed by atoms with Crippen LogP contribution in [-0.4, -0.2) is 108 Å². The molecule has 1 aromatic heterocycles. The molecule has 230 valence electrons. The van der Waals surface area contributed by atoms with Gasteiger partial charge < -0.3 is 19.3 Å². The number of piperazine rings is 1. The summed E-state index contributed by atoms with van der Waals surface area (Å²) in [5, 5.41) is 0. The average molecular weight is 580 g/mol. The first-order valence-electron chi connectivity index (χ1n) is 14.8. The lowest BCUT2D eigenvalue weighted by atomic mass is 9.91. The third-order valence-electron chi connectivity index (χ3n) is 8.39. The standard InChI is InChI=1S/C30H47F2N5O4/c1-9-30(31,32)22-12-24-26(33-13-22)29(7,8)19-37(24)25(38)17-35-14-20(2)36(27(39)41-28(4,5)6)16-23(35)15-34-10-11-40-18-21(34)3/h12-13,20-21,23H,9-11,14-19H2,1-8H3/t20-,21-,23+/m1/s1. The lowest BCUT2D eigenvalue weighted by molar-refractivity contribution is -0.121. The number of nitrogens with zero attached hydrogens (tertiary/aromatic N) is 5. The Morgan fingerprint density at radius 2 is 1.85 bits per heavy atom. The SMILES string of the molecule is CCC(F)(F)c1cnc2c(c1)N(C(=O)CN1C[C@@H](C)N(C(=O)OC(C)(C)C)C[C@@H]1CN1CCOC[C@H]1C)CC2(C)C. The van der Waals surface area contributed by atoms with Crippen LogP contribution in [0.2, 0.25) is 0 Å². The second-order valence-electron chi connectivity index (χ2n) is 13.5. The molecule has 41 heavy (non-hydrogen) atoms. The number of hydrogen-bond donors (Lipinski definition) is 0. The van der Waals surface area contributed by atoms with E-state index in [-0.39, 0.29) is 48.7 Å². The van der Waals surface area contributed by atoms with Crippen LogP contribution in [0.3, 0.4) is 0 Å². The maximum absolute atomic E-state index is 14.6. The van der Waals surface area contributed by atoms with E-state index in [1.165, 1.54) is 19.2 Å². The molecule has 4 rings (SSSR count). The topological polar surface area (TPSA) is 78.5 Å². The van der Waals surface area contributed by atoms with Crippen molar-refractivity contribution in [2.45, 2.75) is 96.9 Å². The monoisotopic (exact) mass is 579 g/mol. The summed E-state index contributed by atoms with van der Waals surface area (Å²) in [5.41, 5.74) is -0.132. The molecule has 2 amide bonds. The van der Waals surface area contributed by atoms with Gasteiger partial charge >= 0.3 is 6.09 Å². The van der Waals surface area contributed by atoms with Gasteiger partial charge in [-0.05, 0) is 40.7 Å². The molecule has 0 N–H and O–H groups in total. The van der Waals surface area contributed by atoms with Gasteiger partial charge in [0.15, 0.2) is 0 Å². The molecule has 0 aromatic carbocycles. The molecule has 0 unspecified atom stereocenters. The molecule has 11 heteroatoms. The minimum absolute atomic E-state index is 0.111. The second kappa shape index (κ2) is 11.7. The molecule has 2 fully saturated rings. The van der Waals surface area contributed by atoms with Crippen molar-refractivity contribution >= 4 is 17.7 Å². The van der Waals surface area contributed by atoms with Crippen LogP contribution in [0.25, 0.3) is 0 Å². The van der Waals surface area contributed by atoms with Crippen LogP contribution in [-0.2, 0) is 25.6 Å². The lowest BCUT2D eigenvalue weighted by Gasteiger charge is -2.47. The van der Waals surface area contributed by atoms with E-state index in [1.807, 2.05) is 41.5 Å². The van der Waals surface area contributed by atoms with Gasteiger partial charge in [-0.15, -0.1) is 0 Å². The van der Waals surface area contributed by atoms with Gasteiger partial charge in [-0.1, -0.05) is 20.8 Å². The second-order valence-corrected chi connectivity index (χ2v) is 13.5. The van der Waals surface area contributed by atoms with Gasteiger partial charge in [0.1, 0.15) is 5.60 Å². The molecule has 2 saturated heterocycles. The van der Waals surface area contributed by atoms with E-state index in [2.05, 4.69) is 21.7 Å². The maximum atomic E-state index is 14.6. The molecule has 0 spiro atoms. The molecule has 3 aliphatic heterocycles. The smallest absolute Gasteiger partial charge is 0.410 e. The van der Waals surface area contributed by atoms with Crippen molar-refractivity contribution in [1.29, 1.82) is 0 Å². The highest BCUT2D eigenvalue weighted by Crippen LogP contribution is 2.42. The van der Waals surface area contributed by atoms with Gasteiger partial charge in [0.2, 0.25) is 5.91 Å². The fraction of sp³-hybridized carbons (Fsp3) is 0.767. The third kappa shape index (κ3) is 7.00. The van der Waals surface area contributed by atoms with Crippen LogP contribution in [0, 0.1) is 0 Å². The summed E-state index contributed by atoms with van der Waals surface area (Å²) >= 11 is 0. The number of carbonyl (C=O) groups is 2. The van der Waals surface area contributed by atoms with E-state index >= 15 is 0 Å². The van der Waals surface area contributed by atoms with Gasteiger partial charge in [0.05, 0.1) is 31.1 Å². The molecular formula is C30H47F2N5O4. The number of morpholine rings is 1. The number of carbonyl (C=O) groups excluding carboxylic acids is 2. The number of aromatic nitrogens is 1. The van der Waals surface area contributed by atoms with E-state index < -0.39 is 16.9 Å². The normalized spacial score (nSPS) is 25.8. The Kier molecular flexibility index (Phi) is 9.02. The molecule has 4 heterocycles. The minimum Gasteiger partial charge on any atom is -0.444 e. The molecule has 9 nitrogen and oxygen atoms in total. The minimum atomic E-state index is -3.02. The Morgan fingerprint density at radius 3 is 2.49 bits per heavy atom. The number of hydrogen-bond acceptors (Lipinski definition) is 7. The van der Waals surface area contributed by atoms with Gasteiger partial charge in [-0.2, -0.15) is 0 Å². The summed E-state index contributed by atoms with van der Waals surface area (Å²) < 4.78 is 40.5. The quantitative estimate of drug-likeness (QED) is 0.499. The van der Waals surface area contributed by atoms with Crippen LogP contribution in [0.15, 0.2) is 12.3 Å². The van der Waals surface area contributed by atoms with Crippen molar-refractivity contribution in [2.75, 3.05) is 57.4 Å². The molecule has 3 atom stereocenters. The van der Waals surface area contributed by atoms with Gasteiger partial charge in [-0.3, -0.25) is 19.6 Å². The Hall–Kier alpha value is -2.37. The van der Waals surface area contributed by atoms with Crippen molar-refractivity contribution in [3.05, 3.63) is 23.5 Å². The fourth-order valence-electron chi connectivity index (χ4n) is 5.98. The molecule has 0 saturated carbocycles. The zero-order valence-electron chi connectivity index (χ0n) is 25.9. The van der Waals surface area contributed by atoms with Gasteiger partial charge in [0, 0.05) is 74.4 Å². The maximum Gasteiger partial charge on any atom is 0.410 e. The Balaban J connectivity index is 1.58. The number of anilines is 1. The molecule has 0 aliphatic carbocycles. The van der Waals surface area contributed by atoms with E-state index in [4.69, 9.17) is 9.47 Å². The largest absolute Gasteiger partial charge is 0.444 e. The van der Waals surface area contributed by atoms with Gasteiger partial charge in [-0.25, -0.2) is 13.6 Å². The molecule has 0 bridgehead atoms. The number of ether oxygens (including phenoxy) is 2. The highest BCUT2D eigenvalue weighted by molar-refractivity contribution is 5.97. The van der Waals surface area contributed by atoms with Crippen LogP contribution in [0.4, 0.5) is 19.3 Å². The predicted molar refractivity (Wildman–Crippen MR) is 153 cm³/mol. The number of amides is 2. The van der Waals surface area contributed by atoms with E-state index in [0.717, 1.165) is 6.54 Å². The summed E-state index contributed by atoms with van der Waals surface area (Å²) in [4.78, 5) is 39.3. The Bertz CT molecular complexity index is 1120. The highest BCUT2D eigenvalue weighted by atomic mass is 19.3. The summed E-state index contributed by atoms with van der Waals surface area (Å²) in [6.45, 7) is 19.1. The van der Waals surface area contributed by atoms with Crippen molar-refractivity contribution < 1.29 is 27.8 Å². The number of alkyl halides is 2. The number of halogens is 2. The van der Waals surface area contributed by atoms with Crippen LogP contribution < -0.4 is 4.90 Å². The molecule has 0 radical (unpaired) electrons. The summed E-state index contributed by atoms with van der Waals surface area (Å²) in [6, 6.07) is 1.36. The predicted octanol–water partition coefficient (Wildman–Crippen LogP) is 4.24. The highest BCUT2D eigenvalue weighted by Gasteiger charge is 2.44. The third-order valence-corrected chi connectivity index (χ3v) is 8.39. The molecule has 1 aromatic rings. The fourth-order valence-corrected chi connectivity index (χ4v) is 5.98. The lowest BCUT2D eigenvalue weighted by Crippen LogP contribution is -2.64. The van der Waals surface area contributed by atoms with Gasteiger partial charge in [0.25, 0.3) is 5.92 Å². The van der Waals surface area contributed by atoms with Crippen LogP contribution >= 0.6 is 0 Å². The number of pyridine rings is 1. The molecule has 3 aliphatic rings. The van der Waals surface area contributed by atoms with E-state index in [0.29, 0.717) is 50.8 Å². The Morgan fingerprint density at radius 1 is 1.15 bits per heavy atom. The van der Waals surface area contributed by atoms with Crippen molar-refractivity contribution in [3.63, 3.8) is 0 Å². The van der Waals surface area contributed by atoms with Crippen molar-refractivity contribution in [1.82, 2.24) is 19.7 Å². The first-order valence-corrected chi connectivity index (χ1v) is 14.8.